The normalized spacial score (nSPS) is 19.4. The summed E-state index contributed by atoms with van der Waals surface area (Å²) in [5.41, 5.74) is 6.47. The molecular formula is C20H19OSi. The summed E-state index contributed by atoms with van der Waals surface area (Å²) in [6.45, 7) is 4.51. The van der Waals surface area contributed by atoms with Gasteiger partial charge in [0.05, 0.1) is 14.7 Å². The van der Waals surface area contributed by atoms with Crippen molar-refractivity contribution in [2.75, 3.05) is 0 Å². The summed E-state index contributed by atoms with van der Waals surface area (Å²) in [6.07, 6.45) is 3.27. The van der Waals surface area contributed by atoms with Crippen molar-refractivity contribution in [2.24, 2.45) is 0 Å². The van der Waals surface area contributed by atoms with E-state index < -0.39 is 8.80 Å². The van der Waals surface area contributed by atoms with Crippen LogP contribution < -0.4 is 0 Å². The van der Waals surface area contributed by atoms with Gasteiger partial charge in [-0.15, -0.1) is 0 Å². The van der Waals surface area contributed by atoms with Crippen LogP contribution in [0.2, 0.25) is 13.1 Å². The molecule has 0 aliphatic heterocycles. The molecule has 1 radical (unpaired) electrons. The minimum absolute atomic E-state index is 0.0229. The SMILES string of the molecule is C[Si](C)C1=C(O)C(C2=CCc3ccccc32)c2ccccc21. The molecule has 0 amide bonds. The lowest BCUT2D eigenvalue weighted by Crippen LogP contribution is -2.06. The van der Waals surface area contributed by atoms with Gasteiger partial charge in [-0.25, -0.2) is 0 Å². The van der Waals surface area contributed by atoms with Gasteiger partial charge in [0.15, 0.2) is 0 Å². The minimum Gasteiger partial charge on any atom is -0.511 e. The monoisotopic (exact) mass is 303 g/mol. The van der Waals surface area contributed by atoms with Gasteiger partial charge in [-0.3, -0.25) is 0 Å². The zero-order chi connectivity index (χ0) is 15.3. The van der Waals surface area contributed by atoms with Crippen LogP contribution in [0.1, 0.15) is 28.2 Å². The fourth-order valence-electron chi connectivity index (χ4n) is 3.83. The average Bonchev–Trinajstić information content (AvgIpc) is 3.05. The van der Waals surface area contributed by atoms with Crippen LogP contribution in [0.4, 0.5) is 0 Å². The molecule has 1 N–H and O–H groups in total. The highest BCUT2D eigenvalue weighted by atomic mass is 28.3. The maximum Gasteiger partial charge on any atom is 0.104 e. The molecule has 1 unspecified atom stereocenters. The molecule has 0 bridgehead atoms. The van der Waals surface area contributed by atoms with Crippen molar-refractivity contribution in [1.82, 2.24) is 0 Å². The van der Waals surface area contributed by atoms with Gasteiger partial charge in [0.2, 0.25) is 0 Å². The van der Waals surface area contributed by atoms with Crippen molar-refractivity contribution in [1.29, 1.82) is 0 Å². The van der Waals surface area contributed by atoms with E-state index in [0.29, 0.717) is 5.76 Å². The van der Waals surface area contributed by atoms with E-state index in [1.807, 2.05) is 0 Å². The van der Waals surface area contributed by atoms with E-state index >= 15 is 0 Å². The van der Waals surface area contributed by atoms with Gasteiger partial charge in [0.1, 0.15) is 5.76 Å². The van der Waals surface area contributed by atoms with Crippen LogP contribution >= 0.6 is 0 Å². The van der Waals surface area contributed by atoms with Crippen molar-refractivity contribution in [3.8, 4) is 0 Å². The Labute approximate surface area is 133 Å². The summed E-state index contributed by atoms with van der Waals surface area (Å²) < 4.78 is 0. The van der Waals surface area contributed by atoms with E-state index in [1.165, 1.54) is 33.0 Å². The molecule has 2 heteroatoms. The van der Waals surface area contributed by atoms with Gasteiger partial charge in [0.25, 0.3) is 0 Å². The van der Waals surface area contributed by atoms with E-state index in [1.54, 1.807) is 0 Å². The molecule has 0 saturated carbocycles. The molecule has 2 aliphatic rings. The molecule has 0 saturated heterocycles. The number of fused-ring (bicyclic) bond motifs is 2. The largest absolute Gasteiger partial charge is 0.511 e. The smallest absolute Gasteiger partial charge is 0.104 e. The quantitative estimate of drug-likeness (QED) is 0.775. The maximum atomic E-state index is 11.0. The predicted octanol–water partition coefficient (Wildman–Crippen LogP) is 4.99. The lowest BCUT2D eigenvalue weighted by molar-refractivity contribution is 0.396. The fraction of sp³-hybridized carbons (Fsp3) is 0.200. The molecule has 4 rings (SSSR count). The first-order valence-electron chi connectivity index (χ1n) is 7.79. The van der Waals surface area contributed by atoms with Gasteiger partial charge < -0.3 is 5.11 Å². The number of rotatable bonds is 2. The Balaban J connectivity index is 1.90. The van der Waals surface area contributed by atoms with Crippen molar-refractivity contribution >= 4 is 19.6 Å². The number of benzene rings is 2. The summed E-state index contributed by atoms with van der Waals surface area (Å²) in [5.74, 6) is 0.609. The molecule has 2 aromatic rings. The highest BCUT2D eigenvalue weighted by Gasteiger charge is 2.36. The van der Waals surface area contributed by atoms with Crippen molar-refractivity contribution in [3.63, 3.8) is 0 Å². The third-order valence-electron chi connectivity index (χ3n) is 4.75. The molecule has 0 aromatic heterocycles. The summed E-state index contributed by atoms with van der Waals surface area (Å²) in [4.78, 5) is 0. The first-order chi connectivity index (χ1) is 10.7. The van der Waals surface area contributed by atoms with Gasteiger partial charge in [-0.2, -0.15) is 0 Å². The van der Waals surface area contributed by atoms with Crippen LogP contribution in [0.3, 0.4) is 0 Å². The van der Waals surface area contributed by atoms with E-state index in [2.05, 4.69) is 67.7 Å². The molecule has 22 heavy (non-hydrogen) atoms. The molecule has 2 aliphatic carbocycles. The van der Waals surface area contributed by atoms with Gasteiger partial charge in [-0.1, -0.05) is 67.7 Å². The molecular weight excluding hydrogens is 284 g/mol. The first-order valence-corrected chi connectivity index (χ1v) is 10.3. The molecule has 0 spiro atoms. The van der Waals surface area contributed by atoms with Crippen molar-refractivity contribution in [2.45, 2.75) is 25.4 Å². The average molecular weight is 303 g/mol. The second kappa shape index (κ2) is 4.99. The highest BCUT2D eigenvalue weighted by Crippen LogP contribution is 2.50. The number of hydrogen-bond acceptors (Lipinski definition) is 1. The third-order valence-corrected chi connectivity index (χ3v) is 6.28. The summed E-state index contributed by atoms with van der Waals surface area (Å²) in [7, 11) is -0.708. The number of allylic oxidation sites excluding steroid dienone is 2. The van der Waals surface area contributed by atoms with Gasteiger partial charge in [0, 0.05) is 0 Å². The molecule has 2 aromatic carbocycles. The Kier molecular flexibility index (Phi) is 3.08. The zero-order valence-corrected chi connectivity index (χ0v) is 13.9. The van der Waals surface area contributed by atoms with Crippen molar-refractivity contribution < 1.29 is 5.11 Å². The van der Waals surface area contributed by atoms with E-state index in [4.69, 9.17) is 0 Å². The number of aliphatic hydroxyl groups excluding tert-OH is 1. The van der Waals surface area contributed by atoms with Crippen LogP contribution in [0.25, 0.3) is 10.8 Å². The predicted molar refractivity (Wildman–Crippen MR) is 94.3 cm³/mol. The topological polar surface area (TPSA) is 20.2 Å². The van der Waals surface area contributed by atoms with Crippen LogP contribution in [0.15, 0.2) is 60.4 Å². The highest BCUT2D eigenvalue weighted by molar-refractivity contribution is 6.77. The Hall–Kier alpha value is -2.06. The van der Waals surface area contributed by atoms with Gasteiger partial charge in [-0.05, 0) is 39.4 Å². The first kappa shape index (κ1) is 13.6. The minimum atomic E-state index is -0.708. The Morgan fingerprint density at radius 2 is 1.64 bits per heavy atom. The lowest BCUT2D eigenvalue weighted by atomic mass is 9.88. The Morgan fingerprint density at radius 3 is 2.41 bits per heavy atom. The standard InChI is InChI=1S/C20H19OSi/c1-22(2)20-17-10-6-5-9-15(17)18(19(20)21)16-12-11-13-7-3-4-8-14(13)16/h3-10,12,18,21H,11H2,1-2H3. The Bertz CT molecular complexity index is 814. The number of aliphatic hydroxyl groups is 1. The van der Waals surface area contributed by atoms with Crippen molar-refractivity contribution in [3.05, 3.63) is 82.6 Å². The van der Waals surface area contributed by atoms with Gasteiger partial charge >= 0.3 is 0 Å². The molecule has 0 fully saturated rings. The lowest BCUT2D eigenvalue weighted by Gasteiger charge is -2.16. The van der Waals surface area contributed by atoms with E-state index in [-0.39, 0.29) is 5.92 Å². The molecule has 0 heterocycles. The molecule has 109 valence electrons. The molecule has 1 atom stereocenters. The van der Waals surface area contributed by atoms with Crippen LogP contribution in [-0.4, -0.2) is 13.9 Å². The second-order valence-corrected chi connectivity index (χ2v) is 8.80. The third kappa shape index (κ3) is 1.84. The van der Waals surface area contributed by atoms with Crippen LogP contribution in [0.5, 0.6) is 0 Å². The van der Waals surface area contributed by atoms with Crippen LogP contribution in [-0.2, 0) is 6.42 Å². The Morgan fingerprint density at radius 1 is 0.955 bits per heavy atom. The zero-order valence-electron chi connectivity index (χ0n) is 12.9. The molecule has 1 nitrogen and oxygen atoms in total. The van der Waals surface area contributed by atoms with E-state index in [0.717, 1.165) is 6.42 Å². The maximum absolute atomic E-state index is 11.0. The fourth-order valence-corrected chi connectivity index (χ4v) is 5.25. The summed E-state index contributed by atoms with van der Waals surface area (Å²) in [6, 6.07) is 17.1. The number of hydrogen-bond donors (Lipinski definition) is 1. The van der Waals surface area contributed by atoms with E-state index in [9.17, 15) is 5.11 Å². The summed E-state index contributed by atoms with van der Waals surface area (Å²) >= 11 is 0. The summed E-state index contributed by atoms with van der Waals surface area (Å²) in [5, 5.41) is 12.2. The second-order valence-electron chi connectivity index (χ2n) is 6.30. The van der Waals surface area contributed by atoms with Crippen LogP contribution in [0, 0.1) is 0 Å².